The van der Waals surface area contributed by atoms with E-state index in [1.54, 1.807) is 6.07 Å². The predicted molar refractivity (Wildman–Crippen MR) is 93.3 cm³/mol. The number of aromatic nitrogens is 1. The lowest BCUT2D eigenvalue weighted by molar-refractivity contribution is -0.223. The highest BCUT2D eigenvalue weighted by Crippen LogP contribution is 2.28. The van der Waals surface area contributed by atoms with Gasteiger partial charge in [0.05, 0.1) is 18.7 Å². The zero-order valence-corrected chi connectivity index (χ0v) is 15.8. The number of rotatable bonds is 6. The summed E-state index contributed by atoms with van der Waals surface area (Å²) in [5.41, 5.74) is 0.643. The number of alkyl halides is 3. The lowest BCUT2D eigenvalue weighted by atomic mass is 10.1. The van der Waals surface area contributed by atoms with Crippen LogP contribution in [0.25, 0.3) is 0 Å². The molecule has 0 saturated carbocycles. The first-order valence-corrected chi connectivity index (χ1v) is 8.47. The van der Waals surface area contributed by atoms with E-state index in [1.165, 1.54) is 25.4 Å². The number of nitrogens with zero attached hydrogens (tertiary/aromatic N) is 1. The molecule has 2 rings (SSSR count). The molecule has 136 valence electrons. The lowest BCUT2D eigenvalue weighted by Crippen LogP contribution is -2.33. The summed E-state index contributed by atoms with van der Waals surface area (Å²) in [7, 11) is 1.44. The van der Waals surface area contributed by atoms with Crippen molar-refractivity contribution in [2.75, 3.05) is 7.11 Å². The molecule has 0 bridgehead atoms. The van der Waals surface area contributed by atoms with Gasteiger partial charge in [0, 0.05) is 27.8 Å². The molecule has 0 aliphatic carbocycles. The Hall–Kier alpha value is -1.13. The number of benzene rings is 1. The third kappa shape index (κ3) is 5.68. The average molecular weight is 490 g/mol. The van der Waals surface area contributed by atoms with Crippen LogP contribution < -0.4 is 4.74 Å². The number of ether oxygens (including phenoxy) is 2. The highest BCUT2D eigenvalue weighted by Gasteiger charge is 2.40. The minimum atomic E-state index is -4.60. The molecule has 9 heteroatoms. The van der Waals surface area contributed by atoms with E-state index in [0.29, 0.717) is 15.0 Å². The van der Waals surface area contributed by atoms with Crippen LogP contribution in [0.5, 0.6) is 5.88 Å². The number of halogens is 6. The van der Waals surface area contributed by atoms with Crippen LogP contribution in [-0.4, -0.2) is 24.4 Å². The van der Waals surface area contributed by atoms with E-state index in [9.17, 15) is 17.6 Å². The molecule has 0 unspecified atom stereocenters. The fraction of sp³-hybridized carbons (Fsp3) is 0.312. The molecule has 1 heterocycles. The van der Waals surface area contributed by atoms with Gasteiger partial charge in [0.25, 0.3) is 0 Å². The first-order valence-electron chi connectivity index (χ1n) is 7.01. The largest absolute Gasteiger partial charge is 0.481 e. The van der Waals surface area contributed by atoms with Crippen molar-refractivity contribution >= 4 is 34.2 Å². The summed E-state index contributed by atoms with van der Waals surface area (Å²) in [5.74, 6) is -0.411. The van der Waals surface area contributed by atoms with E-state index in [0.717, 1.165) is 6.07 Å². The van der Waals surface area contributed by atoms with Crippen molar-refractivity contribution in [2.45, 2.75) is 25.3 Å². The summed E-state index contributed by atoms with van der Waals surface area (Å²) in [6.45, 7) is -0.282. The van der Waals surface area contributed by atoms with Gasteiger partial charge in [-0.05, 0) is 40.3 Å². The van der Waals surface area contributed by atoms with Crippen LogP contribution in [0.2, 0.25) is 5.02 Å². The fourth-order valence-corrected chi connectivity index (χ4v) is 2.68. The molecule has 0 aliphatic heterocycles. The van der Waals surface area contributed by atoms with Gasteiger partial charge < -0.3 is 9.47 Å². The van der Waals surface area contributed by atoms with Crippen LogP contribution in [-0.2, 0) is 17.8 Å². The molecular weight excluding hydrogens is 477 g/mol. The first kappa shape index (κ1) is 20.2. The Kier molecular flexibility index (Phi) is 6.86. The van der Waals surface area contributed by atoms with Crippen molar-refractivity contribution in [1.82, 2.24) is 4.98 Å². The van der Waals surface area contributed by atoms with Crippen molar-refractivity contribution < 1.29 is 27.0 Å². The molecule has 25 heavy (non-hydrogen) atoms. The number of hydrogen-bond donors (Lipinski definition) is 0. The van der Waals surface area contributed by atoms with Crippen LogP contribution in [0.15, 0.2) is 30.5 Å². The lowest BCUT2D eigenvalue weighted by Gasteiger charge is -2.21. The zero-order chi connectivity index (χ0) is 18.6. The summed E-state index contributed by atoms with van der Waals surface area (Å²) in [4.78, 5) is 3.95. The molecule has 1 atom stereocenters. The topological polar surface area (TPSA) is 31.4 Å². The standard InChI is InChI=1S/C16H13ClF4INO2/c1-24-15-6-13(22)10(7-23-15)8-25-14(16(19,20)21)5-9-2-3-11(17)12(18)4-9/h2-4,6-7,14H,5,8H2,1H3/t14-/m0/s1. The molecule has 0 amide bonds. The second-order valence-corrected chi connectivity index (χ2v) is 6.68. The molecule has 0 N–H and O–H groups in total. The van der Waals surface area contributed by atoms with Gasteiger partial charge in [-0.1, -0.05) is 17.7 Å². The van der Waals surface area contributed by atoms with Gasteiger partial charge in [0.2, 0.25) is 5.88 Å². The molecule has 1 aromatic carbocycles. The molecule has 3 nitrogen and oxygen atoms in total. The Morgan fingerprint density at radius 2 is 2.00 bits per heavy atom. The summed E-state index contributed by atoms with van der Waals surface area (Å²) in [6.07, 6.45) is -5.79. The minimum absolute atomic E-state index is 0.145. The Morgan fingerprint density at radius 1 is 1.28 bits per heavy atom. The zero-order valence-electron chi connectivity index (χ0n) is 12.9. The Bertz CT molecular complexity index is 743. The van der Waals surface area contributed by atoms with Gasteiger partial charge in [-0.2, -0.15) is 13.2 Å². The fourth-order valence-electron chi connectivity index (χ4n) is 2.00. The van der Waals surface area contributed by atoms with Crippen molar-refractivity contribution in [3.8, 4) is 5.88 Å². The van der Waals surface area contributed by atoms with Crippen LogP contribution in [0.3, 0.4) is 0 Å². The SMILES string of the molecule is COc1cc(I)c(CO[C@@H](Cc2ccc(Cl)c(F)c2)C(F)(F)F)cn1. The third-order valence-corrected chi connectivity index (χ3v) is 4.63. The van der Waals surface area contributed by atoms with Crippen LogP contribution >= 0.6 is 34.2 Å². The molecule has 0 saturated heterocycles. The van der Waals surface area contributed by atoms with E-state index < -0.39 is 24.5 Å². The summed E-state index contributed by atoms with van der Waals surface area (Å²) in [6, 6.07) is 5.13. The maximum Gasteiger partial charge on any atom is 0.414 e. The minimum Gasteiger partial charge on any atom is -0.481 e. The molecule has 0 fully saturated rings. The monoisotopic (exact) mass is 489 g/mol. The summed E-state index contributed by atoms with van der Waals surface area (Å²) >= 11 is 7.51. The summed E-state index contributed by atoms with van der Waals surface area (Å²) < 4.78 is 63.8. The molecule has 1 aromatic heterocycles. The van der Waals surface area contributed by atoms with Crippen LogP contribution in [0, 0.1) is 9.39 Å². The molecule has 2 aromatic rings. The van der Waals surface area contributed by atoms with E-state index in [2.05, 4.69) is 4.98 Å². The van der Waals surface area contributed by atoms with Gasteiger partial charge in [-0.25, -0.2) is 9.37 Å². The van der Waals surface area contributed by atoms with E-state index in [4.69, 9.17) is 21.1 Å². The van der Waals surface area contributed by atoms with E-state index in [1.807, 2.05) is 22.6 Å². The Labute approximate surface area is 160 Å². The van der Waals surface area contributed by atoms with Crippen molar-refractivity contribution in [3.63, 3.8) is 0 Å². The van der Waals surface area contributed by atoms with E-state index in [-0.39, 0.29) is 17.2 Å². The average Bonchev–Trinajstić information content (AvgIpc) is 2.54. The Balaban J connectivity index is 2.12. The van der Waals surface area contributed by atoms with Gasteiger partial charge in [0.1, 0.15) is 5.82 Å². The maximum absolute atomic E-state index is 13.4. The molecule has 0 spiro atoms. The Morgan fingerprint density at radius 3 is 2.56 bits per heavy atom. The van der Waals surface area contributed by atoms with Gasteiger partial charge in [0.15, 0.2) is 6.10 Å². The third-order valence-electron chi connectivity index (χ3n) is 3.32. The highest BCUT2D eigenvalue weighted by atomic mass is 127. The molecule has 0 aliphatic rings. The van der Waals surface area contributed by atoms with Crippen LogP contribution in [0.1, 0.15) is 11.1 Å². The van der Waals surface area contributed by atoms with Gasteiger partial charge in [-0.3, -0.25) is 0 Å². The van der Waals surface area contributed by atoms with Gasteiger partial charge >= 0.3 is 6.18 Å². The molecular formula is C16H13ClF4INO2. The van der Waals surface area contributed by atoms with Gasteiger partial charge in [-0.15, -0.1) is 0 Å². The smallest absolute Gasteiger partial charge is 0.414 e. The second-order valence-electron chi connectivity index (χ2n) is 5.11. The maximum atomic E-state index is 13.4. The first-order chi connectivity index (χ1) is 11.7. The normalized spacial score (nSPS) is 12.9. The quantitative estimate of drug-likeness (QED) is 0.414. The van der Waals surface area contributed by atoms with Crippen molar-refractivity contribution in [3.05, 3.63) is 56.0 Å². The van der Waals surface area contributed by atoms with E-state index >= 15 is 0 Å². The molecule has 0 radical (unpaired) electrons. The van der Waals surface area contributed by atoms with Crippen LogP contribution in [0.4, 0.5) is 17.6 Å². The van der Waals surface area contributed by atoms with Crippen molar-refractivity contribution in [2.24, 2.45) is 0 Å². The number of hydrogen-bond acceptors (Lipinski definition) is 3. The predicted octanol–water partition coefficient (Wildman–Crippen LogP) is 5.18. The highest BCUT2D eigenvalue weighted by molar-refractivity contribution is 14.1. The summed E-state index contributed by atoms with van der Waals surface area (Å²) in [5, 5.41) is -0.146. The number of pyridine rings is 1. The van der Waals surface area contributed by atoms with Crippen molar-refractivity contribution in [1.29, 1.82) is 0 Å². The number of methoxy groups -OCH3 is 1. The second kappa shape index (κ2) is 8.50.